The monoisotopic (exact) mass is 274 g/mol. The Morgan fingerprint density at radius 3 is 2.85 bits per heavy atom. The van der Waals surface area contributed by atoms with Gasteiger partial charge in [0.05, 0.1) is 12.1 Å². The maximum atomic E-state index is 12.5. The Morgan fingerprint density at radius 1 is 1.25 bits per heavy atom. The number of benzene rings is 1. The first-order chi connectivity index (χ1) is 9.74. The van der Waals surface area contributed by atoms with Crippen LogP contribution in [0.4, 0.5) is 10.5 Å². The summed E-state index contributed by atoms with van der Waals surface area (Å²) < 4.78 is 5.85. The summed E-state index contributed by atoms with van der Waals surface area (Å²) in [5, 5.41) is 3.01. The number of anilines is 1. The lowest BCUT2D eigenvalue weighted by Crippen LogP contribution is -2.45. The van der Waals surface area contributed by atoms with E-state index in [0.717, 1.165) is 44.5 Å². The van der Waals surface area contributed by atoms with Crippen molar-refractivity contribution in [3.63, 3.8) is 0 Å². The summed E-state index contributed by atoms with van der Waals surface area (Å²) in [6.45, 7) is 3.61. The summed E-state index contributed by atoms with van der Waals surface area (Å²) in [4.78, 5) is 14.5. The van der Waals surface area contributed by atoms with Crippen molar-refractivity contribution in [2.75, 3.05) is 18.5 Å². The van der Waals surface area contributed by atoms with E-state index >= 15 is 0 Å². The molecule has 108 valence electrons. The highest BCUT2D eigenvalue weighted by Crippen LogP contribution is 2.29. The molecule has 1 aromatic rings. The van der Waals surface area contributed by atoms with Gasteiger partial charge >= 0.3 is 6.03 Å². The number of carbonyl (C=O) groups excluding carboxylic acids is 1. The standard InChI is InChI=1S/C16H22N2O2/c1-12-6-8-13(9-7-12)17-16(19)18-10-3-11-20-15-5-2-4-14(15)18/h6-9,14-15H,2-5,10-11H2,1H3,(H,17,19)/t14-,15+/m0/s1. The predicted octanol–water partition coefficient (Wildman–Crippen LogP) is 3.17. The maximum Gasteiger partial charge on any atom is 0.322 e. The van der Waals surface area contributed by atoms with Crippen molar-refractivity contribution in [1.29, 1.82) is 0 Å². The van der Waals surface area contributed by atoms with Gasteiger partial charge in [-0.1, -0.05) is 17.7 Å². The molecule has 1 aliphatic carbocycles. The van der Waals surface area contributed by atoms with Crippen LogP contribution in [0.2, 0.25) is 0 Å². The Bertz CT molecular complexity index is 472. The van der Waals surface area contributed by atoms with Gasteiger partial charge in [0.1, 0.15) is 0 Å². The molecule has 1 saturated heterocycles. The molecule has 4 nitrogen and oxygen atoms in total. The second-order valence-corrected chi connectivity index (χ2v) is 5.75. The van der Waals surface area contributed by atoms with E-state index in [1.165, 1.54) is 5.56 Å². The summed E-state index contributed by atoms with van der Waals surface area (Å²) in [7, 11) is 0. The molecule has 0 bridgehead atoms. The van der Waals surface area contributed by atoms with Crippen LogP contribution in [0, 0.1) is 6.92 Å². The van der Waals surface area contributed by atoms with Crippen LogP contribution in [0.25, 0.3) is 0 Å². The predicted molar refractivity (Wildman–Crippen MR) is 78.9 cm³/mol. The van der Waals surface area contributed by atoms with E-state index in [1.807, 2.05) is 36.1 Å². The second-order valence-electron chi connectivity index (χ2n) is 5.75. The first-order valence-corrected chi connectivity index (χ1v) is 7.50. The molecule has 4 heteroatoms. The normalized spacial score (nSPS) is 25.9. The number of nitrogens with one attached hydrogen (secondary N) is 1. The van der Waals surface area contributed by atoms with Gasteiger partial charge in [-0.2, -0.15) is 0 Å². The molecule has 2 fully saturated rings. The third kappa shape index (κ3) is 2.80. The number of ether oxygens (including phenoxy) is 1. The molecule has 1 N–H and O–H groups in total. The largest absolute Gasteiger partial charge is 0.376 e. The minimum absolute atomic E-state index is 0.0104. The van der Waals surface area contributed by atoms with E-state index in [0.29, 0.717) is 0 Å². The number of carbonyl (C=O) groups is 1. The van der Waals surface area contributed by atoms with Gasteiger partial charge in [-0.15, -0.1) is 0 Å². The van der Waals surface area contributed by atoms with Gasteiger partial charge in [-0.3, -0.25) is 0 Å². The number of rotatable bonds is 1. The lowest BCUT2D eigenvalue weighted by atomic mass is 10.2. The van der Waals surface area contributed by atoms with Crippen LogP contribution >= 0.6 is 0 Å². The molecule has 1 aliphatic heterocycles. The highest BCUT2D eigenvalue weighted by Gasteiger charge is 2.36. The van der Waals surface area contributed by atoms with Gasteiger partial charge in [0, 0.05) is 18.8 Å². The number of fused-ring (bicyclic) bond motifs is 1. The highest BCUT2D eigenvalue weighted by atomic mass is 16.5. The average Bonchev–Trinajstić information content (AvgIpc) is 2.81. The quantitative estimate of drug-likeness (QED) is 0.854. The van der Waals surface area contributed by atoms with Crippen LogP contribution in [-0.2, 0) is 4.74 Å². The Balaban J connectivity index is 1.70. The Morgan fingerprint density at radius 2 is 2.05 bits per heavy atom. The zero-order valence-corrected chi connectivity index (χ0v) is 12.0. The molecule has 2 atom stereocenters. The number of amides is 2. The van der Waals surface area contributed by atoms with E-state index in [-0.39, 0.29) is 18.2 Å². The fourth-order valence-electron chi connectivity index (χ4n) is 3.18. The van der Waals surface area contributed by atoms with Crippen LogP contribution in [0.5, 0.6) is 0 Å². The van der Waals surface area contributed by atoms with Crippen LogP contribution in [0.3, 0.4) is 0 Å². The SMILES string of the molecule is Cc1ccc(NC(=O)N2CCCO[C@@H]3CCC[C@@H]32)cc1. The van der Waals surface area contributed by atoms with Crippen molar-refractivity contribution in [2.24, 2.45) is 0 Å². The van der Waals surface area contributed by atoms with Crippen LogP contribution in [0.1, 0.15) is 31.2 Å². The van der Waals surface area contributed by atoms with Crippen molar-refractivity contribution in [3.05, 3.63) is 29.8 Å². The average molecular weight is 274 g/mol. The van der Waals surface area contributed by atoms with E-state index in [4.69, 9.17) is 4.74 Å². The van der Waals surface area contributed by atoms with Gasteiger partial charge < -0.3 is 15.0 Å². The molecule has 1 heterocycles. The van der Waals surface area contributed by atoms with Gasteiger partial charge in [-0.25, -0.2) is 4.79 Å². The van der Waals surface area contributed by atoms with E-state index in [2.05, 4.69) is 5.32 Å². The second kappa shape index (κ2) is 5.83. The smallest absolute Gasteiger partial charge is 0.322 e. The fourth-order valence-corrected chi connectivity index (χ4v) is 3.18. The van der Waals surface area contributed by atoms with Crippen LogP contribution in [-0.4, -0.2) is 36.2 Å². The highest BCUT2D eigenvalue weighted by molar-refractivity contribution is 5.89. The molecule has 3 rings (SSSR count). The van der Waals surface area contributed by atoms with Crippen molar-refractivity contribution in [1.82, 2.24) is 4.90 Å². The summed E-state index contributed by atoms with van der Waals surface area (Å²) in [6.07, 6.45) is 4.46. The minimum Gasteiger partial charge on any atom is -0.376 e. The van der Waals surface area contributed by atoms with Gasteiger partial charge in [0.25, 0.3) is 0 Å². The molecule has 0 aromatic heterocycles. The fraction of sp³-hybridized carbons (Fsp3) is 0.562. The van der Waals surface area contributed by atoms with Gasteiger partial charge in [0.2, 0.25) is 0 Å². The molecule has 0 unspecified atom stereocenters. The first-order valence-electron chi connectivity index (χ1n) is 7.50. The van der Waals surface area contributed by atoms with Crippen LogP contribution in [0.15, 0.2) is 24.3 Å². The number of nitrogens with zero attached hydrogens (tertiary/aromatic N) is 1. The molecule has 0 spiro atoms. The molecule has 2 amide bonds. The summed E-state index contributed by atoms with van der Waals surface area (Å²) in [5.74, 6) is 0. The lowest BCUT2D eigenvalue weighted by Gasteiger charge is -2.30. The third-order valence-corrected chi connectivity index (χ3v) is 4.26. The van der Waals surface area contributed by atoms with Crippen molar-refractivity contribution in [3.8, 4) is 0 Å². The van der Waals surface area contributed by atoms with Crippen molar-refractivity contribution in [2.45, 2.75) is 44.8 Å². The van der Waals surface area contributed by atoms with Crippen molar-refractivity contribution < 1.29 is 9.53 Å². The van der Waals surface area contributed by atoms with Gasteiger partial charge in [-0.05, 0) is 44.7 Å². The Hall–Kier alpha value is -1.55. The maximum absolute atomic E-state index is 12.5. The molecular weight excluding hydrogens is 252 g/mol. The molecule has 2 aliphatic rings. The zero-order valence-electron chi connectivity index (χ0n) is 12.0. The first kappa shape index (κ1) is 13.4. The summed E-state index contributed by atoms with van der Waals surface area (Å²) >= 11 is 0. The number of aryl methyl sites for hydroxylation is 1. The van der Waals surface area contributed by atoms with Crippen LogP contribution < -0.4 is 5.32 Å². The lowest BCUT2D eigenvalue weighted by molar-refractivity contribution is 0.0413. The number of urea groups is 1. The summed E-state index contributed by atoms with van der Waals surface area (Å²) in [5.41, 5.74) is 2.06. The molecule has 20 heavy (non-hydrogen) atoms. The van der Waals surface area contributed by atoms with Crippen molar-refractivity contribution >= 4 is 11.7 Å². The zero-order chi connectivity index (χ0) is 13.9. The number of hydrogen-bond donors (Lipinski definition) is 1. The number of hydrogen-bond acceptors (Lipinski definition) is 2. The molecule has 1 aromatic carbocycles. The minimum atomic E-state index is 0.0104. The molecule has 0 radical (unpaired) electrons. The van der Waals surface area contributed by atoms with Gasteiger partial charge in [0.15, 0.2) is 0 Å². The summed E-state index contributed by atoms with van der Waals surface area (Å²) in [6, 6.07) is 8.19. The topological polar surface area (TPSA) is 41.6 Å². The van der Waals surface area contributed by atoms with E-state index in [9.17, 15) is 4.79 Å². The third-order valence-electron chi connectivity index (χ3n) is 4.26. The van der Waals surface area contributed by atoms with E-state index < -0.39 is 0 Å². The Labute approximate surface area is 120 Å². The molecule has 1 saturated carbocycles. The molecular formula is C16H22N2O2. The van der Waals surface area contributed by atoms with E-state index in [1.54, 1.807) is 0 Å². The Kier molecular flexibility index (Phi) is 3.92.